The van der Waals surface area contributed by atoms with E-state index in [1.807, 2.05) is 5.10 Å². The number of nitrogens with zero attached hydrogens (tertiary/aromatic N) is 4. The lowest BCUT2D eigenvalue weighted by atomic mass is 9.85. The first-order valence-electron chi connectivity index (χ1n) is 10.9. The fourth-order valence-electron chi connectivity index (χ4n) is 4.21. The van der Waals surface area contributed by atoms with Gasteiger partial charge in [0.25, 0.3) is 0 Å². The summed E-state index contributed by atoms with van der Waals surface area (Å²) in [6.07, 6.45) is -2.28. The number of aromatic amines is 1. The van der Waals surface area contributed by atoms with Crippen molar-refractivity contribution in [2.45, 2.75) is 88.1 Å². The number of aromatic nitrogens is 5. The highest BCUT2D eigenvalue weighted by atomic mass is 19.4. The molecule has 0 aliphatic heterocycles. The van der Waals surface area contributed by atoms with Crippen LogP contribution in [0.5, 0.6) is 0 Å². The first kappa shape index (κ1) is 23.6. The molecule has 0 saturated heterocycles. The normalized spacial score (nSPS) is 26.2. The first-order valence-corrected chi connectivity index (χ1v) is 10.9. The fraction of sp³-hybridized carbons (Fsp3) is 0.700. The van der Waals surface area contributed by atoms with Gasteiger partial charge in [-0.15, -0.1) is 0 Å². The van der Waals surface area contributed by atoms with Gasteiger partial charge in [-0.3, -0.25) is 5.10 Å². The number of hydrogen-bond acceptors (Lipinski definition) is 6. The van der Waals surface area contributed by atoms with Gasteiger partial charge >= 0.3 is 6.18 Å². The van der Waals surface area contributed by atoms with E-state index < -0.39 is 23.5 Å². The zero-order chi connectivity index (χ0) is 23.9. The molecule has 13 heteroatoms. The lowest BCUT2D eigenvalue weighted by Crippen LogP contribution is -2.34. The van der Waals surface area contributed by atoms with Crippen molar-refractivity contribution < 1.29 is 26.3 Å². The van der Waals surface area contributed by atoms with Crippen molar-refractivity contribution in [2.75, 3.05) is 10.6 Å². The summed E-state index contributed by atoms with van der Waals surface area (Å²) in [4.78, 5) is 12.5. The summed E-state index contributed by atoms with van der Waals surface area (Å²) >= 11 is 0. The van der Waals surface area contributed by atoms with E-state index in [0.717, 1.165) is 6.20 Å². The standard InChI is InChI=1S/C20H25F6N7/c1-18(21)6-2-11(3-7-18)28-16-30-15(13-10-27-33-14(13)20(24,25)26)31-17(32-16)29-12-4-8-19(22,23)9-5-12/h10-12H,2-9H2,1H3,(H,27,33)(H2,28,29,30,31,32). The van der Waals surface area contributed by atoms with Crippen molar-refractivity contribution in [3.63, 3.8) is 0 Å². The number of nitrogens with one attached hydrogen (secondary N) is 3. The molecule has 0 unspecified atom stereocenters. The number of alkyl halides is 6. The number of halogens is 6. The van der Waals surface area contributed by atoms with E-state index in [1.165, 1.54) is 6.92 Å². The van der Waals surface area contributed by atoms with Gasteiger partial charge in [0.15, 0.2) is 11.5 Å². The van der Waals surface area contributed by atoms with Crippen LogP contribution in [-0.2, 0) is 6.18 Å². The van der Waals surface area contributed by atoms with Crippen LogP contribution >= 0.6 is 0 Å². The average molecular weight is 477 g/mol. The second-order valence-electron chi connectivity index (χ2n) is 9.07. The third-order valence-electron chi connectivity index (χ3n) is 6.21. The minimum Gasteiger partial charge on any atom is -0.351 e. The molecule has 0 bridgehead atoms. The number of H-pyrrole nitrogens is 1. The van der Waals surface area contributed by atoms with Gasteiger partial charge in [-0.2, -0.15) is 33.2 Å². The molecule has 2 aromatic rings. The molecule has 0 amide bonds. The van der Waals surface area contributed by atoms with Crippen LogP contribution in [0, 0.1) is 0 Å². The molecule has 3 N–H and O–H groups in total. The Labute approximate surface area is 186 Å². The van der Waals surface area contributed by atoms with Crippen molar-refractivity contribution in [1.82, 2.24) is 25.1 Å². The smallest absolute Gasteiger partial charge is 0.351 e. The molecule has 7 nitrogen and oxygen atoms in total. The third kappa shape index (κ3) is 5.85. The van der Waals surface area contributed by atoms with E-state index in [1.54, 1.807) is 0 Å². The Balaban J connectivity index is 1.60. The van der Waals surface area contributed by atoms with Crippen LogP contribution in [0.4, 0.5) is 38.2 Å². The van der Waals surface area contributed by atoms with Gasteiger partial charge in [-0.1, -0.05) is 0 Å². The van der Waals surface area contributed by atoms with E-state index in [-0.39, 0.29) is 61.1 Å². The maximum absolute atomic E-state index is 14.1. The molecule has 182 valence electrons. The Morgan fingerprint density at radius 1 is 0.879 bits per heavy atom. The van der Waals surface area contributed by atoms with E-state index >= 15 is 0 Å². The van der Waals surface area contributed by atoms with Crippen molar-refractivity contribution in [1.29, 1.82) is 0 Å². The Morgan fingerprint density at radius 2 is 1.39 bits per heavy atom. The Hall–Kier alpha value is -2.60. The summed E-state index contributed by atoms with van der Waals surface area (Å²) in [5, 5.41) is 11.4. The minimum atomic E-state index is -4.70. The van der Waals surface area contributed by atoms with E-state index in [4.69, 9.17) is 0 Å². The van der Waals surface area contributed by atoms with Crippen molar-refractivity contribution in [3.05, 3.63) is 11.9 Å². The predicted octanol–water partition coefficient (Wildman–Crippen LogP) is 5.35. The zero-order valence-corrected chi connectivity index (χ0v) is 17.9. The molecule has 2 aromatic heterocycles. The lowest BCUT2D eigenvalue weighted by molar-refractivity contribution is -0.140. The lowest BCUT2D eigenvalue weighted by Gasteiger charge is -2.31. The van der Waals surface area contributed by atoms with Gasteiger partial charge in [0, 0.05) is 24.9 Å². The molecular weight excluding hydrogens is 452 g/mol. The van der Waals surface area contributed by atoms with Gasteiger partial charge in [0.2, 0.25) is 17.8 Å². The van der Waals surface area contributed by atoms with Crippen LogP contribution < -0.4 is 10.6 Å². The Kier molecular flexibility index (Phi) is 6.16. The first-order chi connectivity index (χ1) is 15.4. The summed E-state index contributed by atoms with van der Waals surface area (Å²) in [6, 6.07) is -0.502. The molecule has 0 atom stereocenters. The highest BCUT2D eigenvalue weighted by molar-refractivity contribution is 5.60. The topological polar surface area (TPSA) is 91.4 Å². The van der Waals surface area contributed by atoms with E-state index in [0.29, 0.717) is 25.7 Å². The van der Waals surface area contributed by atoms with Crippen molar-refractivity contribution in [3.8, 4) is 11.4 Å². The quantitative estimate of drug-likeness (QED) is 0.503. The zero-order valence-electron chi connectivity index (χ0n) is 17.9. The van der Waals surface area contributed by atoms with Crippen LogP contribution in [-0.4, -0.2) is 48.8 Å². The van der Waals surface area contributed by atoms with Crippen molar-refractivity contribution in [2.24, 2.45) is 0 Å². The summed E-state index contributed by atoms with van der Waals surface area (Å²) in [5.74, 6) is -2.97. The predicted molar refractivity (Wildman–Crippen MR) is 109 cm³/mol. The number of hydrogen-bond donors (Lipinski definition) is 3. The van der Waals surface area contributed by atoms with Crippen LogP contribution in [0.25, 0.3) is 11.4 Å². The van der Waals surface area contributed by atoms with Crippen LogP contribution in [0.15, 0.2) is 6.20 Å². The Bertz CT molecular complexity index is 906. The van der Waals surface area contributed by atoms with Gasteiger partial charge < -0.3 is 10.6 Å². The summed E-state index contributed by atoms with van der Waals surface area (Å²) in [6.45, 7) is 1.54. The minimum absolute atomic E-state index is 0.0156. The molecule has 33 heavy (non-hydrogen) atoms. The molecule has 0 aromatic carbocycles. The molecule has 2 saturated carbocycles. The van der Waals surface area contributed by atoms with Gasteiger partial charge in [0.05, 0.1) is 11.8 Å². The van der Waals surface area contributed by atoms with E-state index in [9.17, 15) is 26.3 Å². The molecule has 2 aliphatic rings. The molecule has 0 radical (unpaired) electrons. The summed E-state index contributed by atoms with van der Waals surface area (Å²) < 4.78 is 81.2. The third-order valence-corrected chi connectivity index (χ3v) is 6.21. The maximum atomic E-state index is 14.1. The van der Waals surface area contributed by atoms with Crippen LogP contribution in [0.3, 0.4) is 0 Å². The largest absolute Gasteiger partial charge is 0.433 e. The molecule has 2 heterocycles. The highest BCUT2D eigenvalue weighted by Gasteiger charge is 2.38. The monoisotopic (exact) mass is 477 g/mol. The highest BCUT2D eigenvalue weighted by Crippen LogP contribution is 2.37. The van der Waals surface area contributed by atoms with Crippen LogP contribution in [0.1, 0.15) is 64.0 Å². The SMILES string of the molecule is CC1(F)CCC(Nc2nc(NC3CCC(F)(F)CC3)nc(-c3cn[nH]c3C(F)(F)F)n2)CC1. The molecule has 0 spiro atoms. The molecule has 2 aliphatic carbocycles. The summed E-state index contributed by atoms with van der Waals surface area (Å²) in [7, 11) is 0. The van der Waals surface area contributed by atoms with Crippen molar-refractivity contribution >= 4 is 11.9 Å². The molecule has 4 rings (SSSR count). The number of anilines is 2. The van der Waals surface area contributed by atoms with E-state index in [2.05, 4.69) is 30.7 Å². The Morgan fingerprint density at radius 3 is 1.91 bits per heavy atom. The average Bonchev–Trinajstić information content (AvgIpc) is 3.22. The van der Waals surface area contributed by atoms with Crippen LogP contribution in [0.2, 0.25) is 0 Å². The van der Waals surface area contributed by atoms with Gasteiger partial charge in [0.1, 0.15) is 5.67 Å². The molecular formula is C20H25F6N7. The second-order valence-corrected chi connectivity index (χ2v) is 9.07. The van der Waals surface area contributed by atoms with Gasteiger partial charge in [-0.25, -0.2) is 13.2 Å². The summed E-state index contributed by atoms with van der Waals surface area (Å²) in [5.41, 5.74) is -2.71. The maximum Gasteiger partial charge on any atom is 0.433 e. The van der Waals surface area contributed by atoms with Gasteiger partial charge in [-0.05, 0) is 45.4 Å². The second kappa shape index (κ2) is 8.64. The fourth-order valence-corrected chi connectivity index (χ4v) is 4.21. The molecule has 2 fully saturated rings. The number of rotatable bonds is 5.